The number of hydrogen-bond acceptors (Lipinski definition) is 11. The second-order valence-electron chi connectivity index (χ2n) is 18.3. The minimum atomic E-state index is -1.11. The van der Waals surface area contributed by atoms with Crippen molar-refractivity contribution in [3.8, 4) is 0 Å². The molecule has 0 saturated heterocycles. The van der Waals surface area contributed by atoms with Crippen molar-refractivity contribution in [2.75, 3.05) is 86.0 Å². The third kappa shape index (κ3) is 64.6. The van der Waals surface area contributed by atoms with Gasteiger partial charge in [-0.1, -0.05) is 159 Å². The highest BCUT2D eigenvalue weighted by molar-refractivity contribution is 5.78. The molecule has 0 aromatic rings. The molecular formula is C59H121N7O10. The lowest BCUT2D eigenvalue weighted by Gasteiger charge is -2.34. The summed E-state index contributed by atoms with van der Waals surface area (Å²) in [5.41, 5.74) is -1.11. The van der Waals surface area contributed by atoms with Gasteiger partial charge in [-0.3, -0.25) is 28.8 Å². The van der Waals surface area contributed by atoms with Crippen LogP contribution in [0.3, 0.4) is 0 Å². The average Bonchev–Trinajstić information content (AvgIpc) is 3.42. The number of nitrogens with one attached hydrogen (secondary N) is 7. The van der Waals surface area contributed by atoms with Crippen LogP contribution in [0, 0.1) is 0 Å². The number of hydrogen-bond donors (Lipinski definition) is 7. The summed E-state index contributed by atoms with van der Waals surface area (Å²) in [7, 11) is 1.92. The van der Waals surface area contributed by atoms with Crippen LogP contribution in [-0.2, 0) is 47.8 Å². The SMILES string of the molecule is CC.CC.CC.CCCCCC(=O)NCCCNC.CCCCCCCCCCCC(=O)NC(COCCC=O)(COCCC(=O)NCCCNC(=O)CCCCC)COCCC(=O)NCCCNC(=O)CCCCC. The fraction of sp³-hybridized carbons (Fsp3) is 0.881. The van der Waals surface area contributed by atoms with Crippen LogP contribution in [0.25, 0.3) is 0 Å². The normalized spacial score (nSPS) is 10.4. The van der Waals surface area contributed by atoms with Crippen LogP contribution in [0.2, 0.25) is 0 Å². The molecule has 7 N–H and O–H groups in total. The van der Waals surface area contributed by atoms with E-state index in [9.17, 15) is 33.6 Å². The van der Waals surface area contributed by atoms with E-state index in [1.54, 1.807) is 0 Å². The van der Waals surface area contributed by atoms with Gasteiger partial charge >= 0.3 is 0 Å². The lowest BCUT2D eigenvalue weighted by atomic mass is 10.0. The summed E-state index contributed by atoms with van der Waals surface area (Å²) in [5.74, 6) is -0.299. The van der Waals surface area contributed by atoms with Crippen molar-refractivity contribution in [1.29, 1.82) is 0 Å². The van der Waals surface area contributed by atoms with Gasteiger partial charge in [0.15, 0.2) is 0 Å². The predicted octanol–water partition coefficient (Wildman–Crippen LogP) is 9.96. The highest BCUT2D eigenvalue weighted by atomic mass is 16.5. The summed E-state index contributed by atoms with van der Waals surface area (Å²) in [6.45, 7) is 24.5. The minimum absolute atomic E-state index is 0.00864. The van der Waals surface area contributed by atoms with Crippen molar-refractivity contribution in [3.05, 3.63) is 0 Å². The Kier molecular flexibility index (Phi) is 74.1. The van der Waals surface area contributed by atoms with Gasteiger partial charge < -0.3 is 56.2 Å². The van der Waals surface area contributed by atoms with Crippen LogP contribution in [0.4, 0.5) is 0 Å². The van der Waals surface area contributed by atoms with E-state index in [2.05, 4.69) is 64.9 Å². The molecule has 17 nitrogen and oxygen atoms in total. The van der Waals surface area contributed by atoms with Gasteiger partial charge in [-0.2, -0.15) is 0 Å². The second kappa shape index (κ2) is 69.3. The molecule has 0 radical (unpaired) electrons. The Morgan fingerprint density at radius 2 is 0.632 bits per heavy atom. The third-order valence-corrected chi connectivity index (χ3v) is 11.3. The van der Waals surface area contributed by atoms with E-state index in [1.165, 1.54) is 38.5 Å². The van der Waals surface area contributed by atoms with Crippen molar-refractivity contribution in [1.82, 2.24) is 37.2 Å². The lowest BCUT2D eigenvalue weighted by Crippen LogP contribution is -2.58. The number of unbranched alkanes of at least 4 members (excludes halogenated alkanes) is 14. The first kappa shape index (κ1) is 81.2. The molecule has 0 aliphatic rings. The van der Waals surface area contributed by atoms with E-state index in [1.807, 2.05) is 48.6 Å². The van der Waals surface area contributed by atoms with Gasteiger partial charge in [0, 0.05) is 77.7 Å². The summed E-state index contributed by atoms with van der Waals surface area (Å²) < 4.78 is 17.7. The zero-order valence-corrected chi connectivity index (χ0v) is 50.9. The first-order chi connectivity index (χ1) is 37.0. The van der Waals surface area contributed by atoms with Crippen LogP contribution < -0.4 is 37.2 Å². The van der Waals surface area contributed by atoms with Gasteiger partial charge in [-0.25, -0.2) is 0 Å². The molecule has 452 valence electrons. The Balaban J connectivity index is -0.000000752. The maximum atomic E-state index is 13.3. The Labute approximate surface area is 465 Å². The quantitative estimate of drug-likeness (QED) is 0.0224. The summed E-state index contributed by atoms with van der Waals surface area (Å²) >= 11 is 0. The number of ether oxygens (including phenoxy) is 3. The number of carbonyl (C=O) groups is 7. The number of aldehydes is 1. The van der Waals surface area contributed by atoms with Crippen LogP contribution in [-0.4, -0.2) is 133 Å². The molecule has 17 heteroatoms. The van der Waals surface area contributed by atoms with Crippen LogP contribution in [0.5, 0.6) is 0 Å². The first-order valence-corrected chi connectivity index (χ1v) is 30.5. The third-order valence-electron chi connectivity index (χ3n) is 11.3. The highest BCUT2D eigenvalue weighted by Gasteiger charge is 2.34. The molecule has 76 heavy (non-hydrogen) atoms. The standard InChI is InChI=1S/C43H81N5O9.C10H22N2O.3C2H6/c1-4-7-10-11-12-13-14-15-18-24-42(54)48-43(35-55-32-21-31-49,36-56-33-25-40(52)46-29-19-27-44-38(50)22-16-8-5-2)37-57-34-26-41(53)47-30-20-28-45-39(51)23-17-9-6-3;1-3-4-5-7-10(13)12-9-6-8-11-2;3*1-2/h31H,4-30,32-37H2,1-3H3,(H,44,50)(H,45,51)(H,46,52)(H,47,53)(H,48,54);11H,3-9H2,1-2H3,(H,12,13);3*1-2H3. The van der Waals surface area contributed by atoms with E-state index in [-0.39, 0.29) is 94.3 Å². The molecule has 0 spiro atoms. The van der Waals surface area contributed by atoms with Gasteiger partial charge in [0.05, 0.1) is 39.6 Å². The number of amides is 6. The number of carbonyl (C=O) groups excluding carboxylic acids is 7. The molecule has 0 rings (SSSR count). The molecule has 0 heterocycles. The van der Waals surface area contributed by atoms with E-state index < -0.39 is 5.54 Å². The molecule has 0 aromatic heterocycles. The van der Waals surface area contributed by atoms with Gasteiger partial charge in [0.2, 0.25) is 35.4 Å². The summed E-state index contributed by atoms with van der Waals surface area (Å²) in [5, 5.41) is 20.5. The second-order valence-corrected chi connectivity index (χ2v) is 18.3. The summed E-state index contributed by atoms with van der Waals surface area (Å²) in [6.07, 6.45) is 24.9. The molecule has 0 bridgehead atoms. The first-order valence-electron chi connectivity index (χ1n) is 30.5. The Morgan fingerprint density at radius 3 is 0.974 bits per heavy atom. The monoisotopic (exact) mass is 1090 g/mol. The maximum absolute atomic E-state index is 13.3. The summed E-state index contributed by atoms with van der Waals surface area (Å²) in [4.78, 5) is 84.2. The molecule has 0 aromatic carbocycles. The minimum Gasteiger partial charge on any atom is -0.378 e. The zero-order chi connectivity index (χ0) is 58.0. The smallest absolute Gasteiger partial charge is 0.222 e. The Hall–Kier alpha value is -3.67. The fourth-order valence-corrected chi connectivity index (χ4v) is 7.08. The van der Waals surface area contributed by atoms with E-state index in [0.29, 0.717) is 64.7 Å². The van der Waals surface area contributed by atoms with Crippen LogP contribution >= 0.6 is 0 Å². The van der Waals surface area contributed by atoms with Crippen molar-refractivity contribution in [2.24, 2.45) is 0 Å². The van der Waals surface area contributed by atoms with Gasteiger partial charge in [0.1, 0.15) is 11.8 Å². The molecule has 0 aliphatic carbocycles. The van der Waals surface area contributed by atoms with Crippen LogP contribution in [0.1, 0.15) is 249 Å². The fourth-order valence-electron chi connectivity index (χ4n) is 7.08. The van der Waals surface area contributed by atoms with Crippen molar-refractivity contribution < 1.29 is 47.8 Å². The zero-order valence-electron chi connectivity index (χ0n) is 50.9. The maximum Gasteiger partial charge on any atom is 0.222 e. The molecule has 0 atom stereocenters. The largest absolute Gasteiger partial charge is 0.378 e. The van der Waals surface area contributed by atoms with E-state index in [4.69, 9.17) is 14.2 Å². The van der Waals surface area contributed by atoms with Gasteiger partial charge in [-0.05, 0) is 58.5 Å². The van der Waals surface area contributed by atoms with E-state index in [0.717, 1.165) is 103 Å². The number of rotatable bonds is 50. The summed E-state index contributed by atoms with van der Waals surface area (Å²) in [6, 6.07) is 0. The Morgan fingerprint density at radius 1 is 0.355 bits per heavy atom. The van der Waals surface area contributed by atoms with Crippen molar-refractivity contribution >= 4 is 41.7 Å². The van der Waals surface area contributed by atoms with Gasteiger partial charge in [0.25, 0.3) is 0 Å². The molecule has 0 unspecified atom stereocenters. The topological polar surface area (TPSA) is 231 Å². The lowest BCUT2D eigenvalue weighted by molar-refractivity contribution is -0.130. The van der Waals surface area contributed by atoms with E-state index >= 15 is 0 Å². The van der Waals surface area contributed by atoms with Crippen molar-refractivity contribution in [3.63, 3.8) is 0 Å². The molecule has 0 saturated carbocycles. The predicted molar refractivity (Wildman–Crippen MR) is 314 cm³/mol. The molecule has 6 amide bonds. The average molecular weight is 1090 g/mol. The van der Waals surface area contributed by atoms with Crippen molar-refractivity contribution in [2.45, 2.75) is 255 Å². The Bertz CT molecular complexity index is 1240. The molecular weight excluding hydrogens is 967 g/mol. The van der Waals surface area contributed by atoms with Crippen LogP contribution in [0.15, 0.2) is 0 Å². The highest BCUT2D eigenvalue weighted by Crippen LogP contribution is 2.14. The molecule has 0 aliphatic heterocycles. The molecule has 0 fully saturated rings. The van der Waals surface area contributed by atoms with Gasteiger partial charge in [-0.15, -0.1) is 0 Å².